The molecule has 0 aliphatic heterocycles. The molecule has 1 nitrogen and oxygen atoms in total. The zero-order valence-corrected chi connectivity index (χ0v) is 8.36. The Balaban J connectivity index is 2.94. The summed E-state index contributed by atoms with van der Waals surface area (Å²) in [7, 11) is 0. The summed E-state index contributed by atoms with van der Waals surface area (Å²) < 4.78 is 36.9. The van der Waals surface area contributed by atoms with E-state index in [1.165, 1.54) is 12.1 Å². The second kappa shape index (κ2) is 4.54. The Bertz CT molecular complexity index is 393. The first-order valence-corrected chi connectivity index (χ1v) is 4.55. The zero-order valence-electron chi connectivity index (χ0n) is 7.61. The number of benzene rings is 1. The molecule has 0 atom stereocenters. The first kappa shape index (κ1) is 11.9. The van der Waals surface area contributed by atoms with Gasteiger partial charge in [0.05, 0.1) is 16.7 Å². The summed E-state index contributed by atoms with van der Waals surface area (Å²) in [4.78, 5) is 0. The number of aryl methyl sites for hydroxylation is 1. The van der Waals surface area contributed by atoms with E-state index in [4.69, 9.17) is 16.9 Å². The molecule has 80 valence electrons. The van der Waals surface area contributed by atoms with Crippen molar-refractivity contribution in [2.45, 2.75) is 19.0 Å². The van der Waals surface area contributed by atoms with Crippen LogP contribution in [0.4, 0.5) is 13.2 Å². The predicted octanol–water partition coefficient (Wildman–Crippen LogP) is 3.81. The molecular formula is C10H7ClF3N. The van der Waals surface area contributed by atoms with Crippen LogP contribution in [0.5, 0.6) is 0 Å². The van der Waals surface area contributed by atoms with Crippen molar-refractivity contribution in [3.63, 3.8) is 0 Å². The number of alkyl halides is 3. The van der Waals surface area contributed by atoms with Crippen LogP contribution in [0.1, 0.15) is 17.5 Å². The molecule has 0 bridgehead atoms. The van der Waals surface area contributed by atoms with Crippen LogP contribution in [0.15, 0.2) is 18.2 Å². The molecule has 1 rings (SSSR count). The summed E-state index contributed by atoms with van der Waals surface area (Å²) in [5.41, 5.74) is -0.209. The van der Waals surface area contributed by atoms with Gasteiger partial charge in [-0.25, -0.2) is 0 Å². The fourth-order valence-corrected chi connectivity index (χ4v) is 1.45. The highest BCUT2D eigenvalue weighted by molar-refractivity contribution is 6.31. The molecule has 0 heterocycles. The molecule has 0 aromatic heterocycles. The minimum atomic E-state index is -4.43. The number of halogens is 4. The molecule has 15 heavy (non-hydrogen) atoms. The van der Waals surface area contributed by atoms with Gasteiger partial charge in [-0.1, -0.05) is 17.7 Å². The third-order valence-corrected chi connectivity index (χ3v) is 2.18. The van der Waals surface area contributed by atoms with Crippen LogP contribution in [-0.2, 0) is 12.6 Å². The van der Waals surface area contributed by atoms with E-state index in [-0.39, 0.29) is 11.4 Å². The van der Waals surface area contributed by atoms with E-state index in [9.17, 15) is 13.2 Å². The summed E-state index contributed by atoms with van der Waals surface area (Å²) >= 11 is 5.49. The van der Waals surface area contributed by atoms with Crippen molar-refractivity contribution in [3.8, 4) is 6.07 Å². The van der Waals surface area contributed by atoms with Crippen LogP contribution in [-0.4, -0.2) is 0 Å². The highest BCUT2D eigenvalue weighted by atomic mass is 35.5. The maximum Gasteiger partial charge on any atom is 0.417 e. The number of hydrogen-bond donors (Lipinski definition) is 0. The van der Waals surface area contributed by atoms with Gasteiger partial charge >= 0.3 is 6.18 Å². The molecule has 0 spiro atoms. The van der Waals surface area contributed by atoms with Crippen LogP contribution >= 0.6 is 11.6 Å². The van der Waals surface area contributed by atoms with Crippen LogP contribution in [0, 0.1) is 11.3 Å². The third-order valence-electron chi connectivity index (χ3n) is 1.86. The maximum absolute atomic E-state index is 12.3. The summed E-state index contributed by atoms with van der Waals surface area (Å²) in [5, 5.41) is 8.00. The molecule has 0 fully saturated rings. The molecule has 1 aromatic rings. The molecule has 0 radical (unpaired) electrons. The maximum atomic E-state index is 12.3. The van der Waals surface area contributed by atoms with Gasteiger partial charge in [-0.05, 0) is 24.1 Å². The Morgan fingerprint density at radius 1 is 1.33 bits per heavy atom. The number of rotatable bonds is 2. The molecule has 0 saturated carbocycles. The summed E-state index contributed by atoms with van der Waals surface area (Å²) in [6.07, 6.45) is -3.75. The molecule has 1 aromatic carbocycles. The van der Waals surface area contributed by atoms with Crippen molar-refractivity contribution < 1.29 is 13.2 Å². The monoisotopic (exact) mass is 233 g/mol. The predicted molar refractivity (Wildman–Crippen MR) is 50.4 cm³/mol. The molecule has 0 aliphatic carbocycles. The molecule has 0 aliphatic rings. The smallest absolute Gasteiger partial charge is 0.198 e. The fourth-order valence-electron chi connectivity index (χ4n) is 1.14. The van der Waals surface area contributed by atoms with Crippen molar-refractivity contribution in [2.75, 3.05) is 0 Å². The Labute approximate surface area is 90.1 Å². The standard InChI is InChI=1S/C10H7ClF3N/c11-9-6-7(2-1-5-15)3-4-8(9)10(12,13)14/h3-4,6H,1-2H2. The number of nitrogens with zero attached hydrogens (tertiary/aromatic N) is 1. The molecule has 0 N–H and O–H groups in total. The van der Waals surface area contributed by atoms with E-state index in [2.05, 4.69) is 0 Å². The topological polar surface area (TPSA) is 23.8 Å². The molecule has 0 saturated heterocycles. The normalized spacial score (nSPS) is 11.1. The third kappa shape index (κ3) is 3.14. The van der Waals surface area contributed by atoms with Crippen LogP contribution in [0.2, 0.25) is 5.02 Å². The van der Waals surface area contributed by atoms with Crippen molar-refractivity contribution in [2.24, 2.45) is 0 Å². The van der Waals surface area contributed by atoms with Crippen molar-refractivity contribution >= 4 is 11.6 Å². The number of hydrogen-bond acceptors (Lipinski definition) is 1. The summed E-state index contributed by atoms with van der Waals surface area (Å²) in [6, 6.07) is 5.45. The Kier molecular flexibility index (Phi) is 3.59. The first-order chi connectivity index (χ1) is 6.95. The number of nitriles is 1. The van der Waals surface area contributed by atoms with E-state index in [0.29, 0.717) is 12.0 Å². The van der Waals surface area contributed by atoms with E-state index >= 15 is 0 Å². The highest BCUT2D eigenvalue weighted by Crippen LogP contribution is 2.34. The minimum absolute atomic E-state index is 0.266. The molecule has 5 heteroatoms. The second-order valence-corrected chi connectivity index (χ2v) is 3.38. The average Bonchev–Trinajstić information content (AvgIpc) is 2.12. The van der Waals surface area contributed by atoms with Crippen molar-refractivity contribution in [3.05, 3.63) is 34.3 Å². The van der Waals surface area contributed by atoms with Crippen LogP contribution in [0.3, 0.4) is 0 Å². The van der Waals surface area contributed by atoms with E-state index in [1.807, 2.05) is 6.07 Å². The van der Waals surface area contributed by atoms with Gasteiger partial charge in [-0.2, -0.15) is 18.4 Å². The largest absolute Gasteiger partial charge is 0.417 e. The van der Waals surface area contributed by atoms with Gasteiger partial charge in [0.15, 0.2) is 0 Å². The zero-order chi connectivity index (χ0) is 11.5. The summed E-state index contributed by atoms with van der Waals surface area (Å²) in [5.74, 6) is 0. The quantitative estimate of drug-likeness (QED) is 0.762. The lowest BCUT2D eigenvalue weighted by Crippen LogP contribution is -2.05. The molecular weight excluding hydrogens is 227 g/mol. The minimum Gasteiger partial charge on any atom is -0.198 e. The lowest BCUT2D eigenvalue weighted by Gasteiger charge is -2.09. The van der Waals surface area contributed by atoms with Crippen molar-refractivity contribution in [1.29, 1.82) is 5.26 Å². The Hall–Kier alpha value is -1.21. The average molecular weight is 234 g/mol. The van der Waals surface area contributed by atoms with Gasteiger partial charge in [-0.3, -0.25) is 0 Å². The van der Waals surface area contributed by atoms with E-state index in [1.54, 1.807) is 0 Å². The molecule has 0 unspecified atom stereocenters. The lowest BCUT2D eigenvalue weighted by molar-refractivity contribution is -0.137. The van der Waals surface area contributed by atoms with Crippen LogP contribution < -0.4 is 0 Å². The van der Waals surface area contributed by atoms with Gasteiger partial charge in [-0.15, -0.1) is 0 Å². The van der Waals surface area contributed by atoms with Crippen molar-refractivity contribution in [1.82, 2.24) is 0 Å². The van der Waals surface area contributed by atoms with E-state index in [0.717, 1.165) is 6.07 Å². The Morgan fingerprint density at radius 2 is 2.00 bits per heavy atom. The van der Waals surface area contributed by atoms with Crippen LogP contribution in [0.25, 0.3) is 0 Å². The van der Waals surface area contributed by atoms with Gasteiger partial charge in [0.2, 0.25) is 0 Å². The van der Waals surface area contributed by atoms with Gasteiger partial charge in [0.25, 0.3) is 0 Å². The lowest BCUT2D eigenvalue weighted by atomic mass is 10.1. The van der Waals surface area contributed by atoms with E-state index < -0.39 is 11.7 Å². The van der Waals surface area contributed by atoms with Gasteiger partial charge < -0.3 is 0 Å². The summed E-state index contributed by atoms with van der Waals surface area (Å²) in [6.45, 7) is 0. The second-order valence-electron chi connectivity index (χ2n) is 2.97. The SMILES string of the molecule is N#CCCc1ccc(C(F)(F)F)c(Cl)c1. The molecule has 0 amide bonds. The first-order valence-electron chi connectivity index (χ1n) is 4.17. The Morgan fingerprint density at radius 3 is 2.47 bits per heavy atom. The highest BCUT2D eigenvalue weighted by Gasteiger charge is 2.32. The fraction of sp³-hybridized carbons (Fsp3) is 0.300. The van der Waals surface area contributed by atoms with Gasteiger partial charge in [0.1, 0.15) is 0 Å². The van der Waals surface area contributed by atoms with Gasteiger partial charge in [0, 0.05) is 6.42 Å².